The molecule has 1 heterocycles. The highest BCUT2D eigenvalue weighted by Gasteiger charge is 2.14. The summed E-state index contributed by atoms with van der Waals surface area (Å²) in [7, 11) is 3.37. The molecule has 0 unspecified atom stereocenters. The summed E-state index contributed by atoms with van der Waals surface area (Å²) in [5.41, 5.74) is 3.82. The molecule has 2 aromatic carbocycles. The number of halogens is 1. The second kappa shape index (κ2) is 8.77. The van der Waals surface area contributed by atoms with E-state index in [9.17, 15) is 14.0 Å². The lowest BCUT2D eigenvalue weighted by Crippen LogP contribution is -2.21. The first kappa shape index (κ1) is 20.4. The molecule has 0 saturated heterocycles. The van der Waals surface area contributed by atoms with Crippen LogP contribution in [0.1, 0.15) is 35.3 Å². The van der Waals surface area contributed by atoms with Gasteiger partial charge in [0.25, 0.3) is 5.91 Å². The van der Waals surface area contributed by atoms with Crippen molar-refractivity contribution in [2.45, 2.75) is 25.7 Å². The number of unbranched alkanes of at least 4 members (excludes halogenated alkanes) is 1. The molecule has 0 fully saturated rings. The quantitative estimate of drug-likeness (QED) is 0.613. The molecule has 1 amide bonds. The molecular weight excluding hydrogens is 373 g/mol. The summed E-state index contributed by atoms with van der Waals surface area (Å²) in [6.07, 6.45) is 1.79. The van der Waals surface area contributed by atoms with Gasteiger partial charge in [0.2, 0.25) is 0 Å². The minimum Gasteiger partial charge on any atom is -0.481 e. The number of carboxylic acids is 1. The topological polar surface area (TPSA) is 83.4 Å². The Labute approximate surface area is 168 Å². The van der Waals surface area contributed by atoms with Crippen LogP contribution in [0.4, 0.5) is 4.39 Å². The van der Waals surface area contributed by atoms with Crippen molar-refractivity contribution in [3.8, 4) is 11.3 Å². The number of carboxylic acid groups (broad SMARTS) is 1. The smallest absolute Gasteiger partial charge is 0.303 e. The van der Waals surface area contributed by atoms with Crippen LogP contribution in [0.3, 0.4) is 0 Å². The first-order chi connectivity index (χ1) is 13.8. The van der Waals surface area contributed by atoms with Crippen LogP contribution in [-0.4, -0.2) is 45.9 Å². The highest BCUT2D eigenvalue weighted by Crippen LogP contribution is 2.26. The number of aliphatic carboxylic acids is 1. The summed E-state index contributed by atoms with van der Waals surface area (Å²) < 4.78 is 13.3. The van der Waals surface area contributed by atoms with Crippen molar-refractivity contribution in [2.24, 2.45) is 0 Å². The molecule has 6 nitrogen and oxygen atoms in total. The minimum atomic E-state index is -0.833. The van der Waals surface area contributed by atoms with E-state index in [-0.39, 0.29) is 18.1 Å². The third-order valence-electron chi connectivity index (χ3n) is 4.56. The molecule has 150 valence electrons. The number of rotatable bonds is 7. The van der Waals surface area contributed by atoms with Crippen LogP contribution in [0.15, 0.2) is 42.5 Å². The fourth-order valence-corrected chi connectivity index (χ4v) is 3.06. The molecule has 0 spiro atoms. The Kier molecular flexibility index (Phi) is 6.16. The van der Waals surface area contributed by atoms with Gasteiger partial charge in [0.15, 0.2) is 0 Å². The third-order valence-corrected chi connectivity index (χ3v) is 4.56. The number of aromatic nitrogens is 2. The van der Waals surface area contributed by atoms with E-state index in [0.29, 0.717) is 47.2 Å². The summed E-state index contributed by atoms with van der Waals surface area (Å²) in [5.74, 6) is -1.29. The maximum absolute atomic E-state index is 13.3. The summed E-state index contributed by atoms with van der Waals surface area (Å²) in [6, 6.07) is 11.2. The average molecular weight is 395 g/mol. The maximum Gasteiger partial charge on any atom is 0.303 e. The van der Waals surface area contributed by atoms with Crippen molar-refractivity contribution in [1.29, 1.82) is 0 Å². The molecule has 0 bridgehead atoms. The van der Waals surface area contributed by atoms with Crippen molar-refractivity contribution in [1.82, 2.24) is 14.9 Å². The number of carbonyl (C=O) groups excluding carboxylic acids is 1. The van der Waals surface area contributed by atoms with Crippen LogP contribution in [0.25, 0.3) is 22.3 Å². The van der Waals surface area contributed by atoms with E-state index < -0.39 is 5.97 Å². The Bertz CT molecular complexity index is 1050. The number of hydrogen-bond acceptors (Lipinski definition) is 4. The van der Waals surface area contributed by atoms with E-state index in [1.54, 1.807) is 44.4 Å². The SMILES string of the molecule is CN(C)C(=O)c1ccc2nc(-c3ccc(F)cc3)c(CCCCC(=O)O)nc2c1. The molecule has 3 aromatic rings. The number of aryl methyl sites for hydroxylation is 1. The molecule has 1 aromatic heterocycles. The predicted molar refractivity (Wildman–Crippen MR) is 108 cm³/mol. The molecule has 29 heavy (non-hydrogen) atoms. The van der Waals surface area contributed by atoms with Crippen LogP contribution < -0.4 is 0 Å². The molecule has 0 radical (unpaired) electrons. The zero-order valence-corrected chi connectivity index (χ0v) is 16.4. The van der Waals surface area contributed by atoms with Crippen LogP contribution in [0, 0.1) is 5.82 Å². The lowest BCUT2D eigenvalue weighted by molar-refractivity contribution is -0.137. The zero-order chi connectivity index (χ0) is 21.0. The molecule has 7 heteroatoms. The average Bonchev–Trinajstić information content (AvgIpc) is 2.70. The molecule has 0 aliphatic rings. The first-order valence-electron chi connectivity index (χ1n) is 9.35. The Morgan fingerprint density at radius 2 is 1.72 bits per heavy atom. The van der Waals surface area contributed by atoms with E-state index in [4.69, 9.17) is 15.1 Å². The second-order valence-corrected chi connectivity index (χ2v) is 7.03. The van der Waals surface area contributed by atoms with Gasteiger partial charge in [-0.3, -0.25) is 9.59 Å². The predicted octanol–water partition coefficient (Wildman–Crippen LogP) is 3.94. The number of benzene rings is 2. The standard InChI is InChI=1S/C22H22FN3O3/c1-26(2)22(29)15-9-12-17-19(13-15)24-18(5-3-4-6-20(27)28)21(25-17)14-7-10-16(23)11-8-14/h7-13H,3-6H2,1-2H3,(H,27,28). The van der Waals surface area contributed by atoms with E-state index >= 15 is 0 Å². The van der Waals surface area contributed by atoms with Crippen molar-refractivity contribution in [3.05, 3.63) is 59.5 Å². The van der Waals surface area contributed by atoms with Crippen molar-refractivity contribution >= 4 is 22.9 Å². The van der Waals surface area contributed by atoms with Gasteiger partial charge in [-0.1, -0.05) is 0 Å². The summed E-state index contributed by atoms with van der Waals surface area (Å²) >= 11 is 0. The van der Waals surface area contributed by atoms with Crippen LogP contribution in [-0.2, 0) is 11.2 Å². The summed E-state index contributed by atoms with van der Waals surface area (Å²) in [5, 5.41) is 8.84. The van der Waals surface area contributed by atoms with Gasteiger partial charge in [-0.25, -0.2) is 14.4 Å². The number of amides is 1. The van der Waals surface area contributed by atoms with Gasteiger partial charge >= 0.3 is 5.97 Å². The van der Waals surface area contributed by atoms with Gasteiger partial charge in [-0.2, -0.15) is 0 Å². The van der Waals surface area contributed by atoms with Crippen LogP contribution in [0.5, 0.6) is 0 Å². The summed E-state index contributed by atoms with van der Waals surface area (Å²) in [4.78, 5) is 33.9. The van der Waals surface area contributed by atoms with Crippen molar-refractivity contribution in [2.75, 3.05) is 14.1 Å². The number of carbonyl (C=O) groups is 2. The highest BCUT2D eigenvalue weighted by atomic mass is 19.1. The number of nitrogens with zero attached hydrogens (tertiary/aromatic N) is 3. The molecule has 0 aliphatic carbocycles. The Balaban J connectivity index is 2.02. The molecule has 0 atom stereocenters. The Morgan fingerprint density at radius 1 is 1.00 bits per heavy atom. The van der Waals surface area contributed by atoms with E-state index in [1.807, 2.05) is 0 Å². The minimum absolute atomic E-state index is 0.0916. The first-order valence-corrected chi connectivity index (χ1v) is 9.35. The van der Waals surface area contributed by atoms with E-state index in [2.05, 4.69) is 0 Å². The van der Waals surface area contributed by atoms with Gasteiger partial charge in [0, 0.05) is 31.6 Å². The second-order valence-electron chi connectivity index (χ2n) is 7.03. The lowest BCUT2D eigenvalue weighted by Gasteiger charge is -2.13. The van der Waals surface area contributed by atoms with Crippen LogP contribution >= 0.6 is 0 Å². The Morgan fingerprint density at radius 3 is 2.38 bits per heavy atom. The fraction of sp³-hybridized carbons (Fsp3) is 0.273. The van der Waals surface area contributed by atoms with Gasteiger partial charge in [0.05, 0.1) is 22.4 Å². The molecule has 1 N–H and O–H groups in total. The van der Waals surface area contributed by atoms with Crippen molar-refractivity contribution in [3.63, 3.8) is 0 Å². The molecular formula is C22H22FN3O3. The van der Waals surface area contributed by atoms with Gasteiger partial charge in [0.1, 0.15) is 5.82 Å². The highest BCUT2D eigenvalue weighted by molar-refractivity contribution is 5.97. The molecule has 3 rings (SSSR count). The van der Waals surface area contributed by atoms with Crippen LogP contribution in [0.2, 0.25) is 0 Å². The fourth-order valence-electron chi connectivity index (χ4n) is 3.06. The summed E-state index contributed by atoms with van der Waals surface area (Å²) in [6.45, 7) is 0. The number of fused-ring (bicyclic) bond motifs is 1. The largest absolute Gasteiger partial charge is 0.481 e. The Hall–Kier alpha value is -3.35. The van der Waals surface area contributed by atoms with Crippen molar-refractivity contribution < 1.29 is 19.1 Å². The molecule has 0 aliphatic heterocycles. The normalized spacial score (nSPS) is 10.9. The zero-order valence-electron chi connectivity index (χ0n) is 16.4. The number of hydrogen-bond donors (Lipinski definition) is 1. The van der Waals surface area contributed by atoms with E-state index in [1.165, 1.54) is 17.0 Å². The van der Waals surface area contributed by atoms with E-state index in [0.717, 1.165) is 5.56 Å². The van der Waals surface area contributed by atoms with Gasteiger partial charge in [-0.05, 0) is 61.7 Å². The third kappa shape index (κ3) is 4.93. The monoisotopic (exact) mass is 395 g/mol. The maximum atomic E-state index is 13.3. The molecule has 0 saturated carbocycles. The lowest BCUT2D eigenvalue weighted by atomic mass is 10.0. The van der Waals surface area contributed by atoms with Gasteiger partial charge in [-0.15, -0.1) is 0 Å². The van der Waals surface area contributed by atoms with Gasteiger partial charge < -0.3 is 10.0 Å².